The first-order valence-corrected chi connectivity index (χ1v) is 9.94. The molecular weight excluding hydrogens is 366 g/mol. The summed E-state index contributed by atoms with van der Waals surface area (Å²) >= 11 is 0. The smallest absolute Gasteiger partial charge is 0.231 e. The Labute approximate surface area is 169 Å². The number of piperidine rings is 1. The SMILES string of the molecule is c1nc(Nc2ccc(N3CCCCC3)cc2)cc(Nc2ccc3c(c2)OCO3)n1. The third-order valence-corrected chi connectivity index (χ3v) is 5.17. The first-order valence-electron chi connectivity index (χ1n) is 9.94. The summed E-state index contributed by atoms with van der Waals surface area (Å²) in [5.74, 6) is 2.92. The molecule has 7 nitrogen and oxygen atoms in total. The molecule has 0 radical (unpaired) electrons. The normalized spacial score (nSPS) is 15.2. The fourth-order valence-electron chi connectivity index (χ4n) is 3.67. The molecule has 1 saturated heterocycles. The molecule has 7 heteroatoms. The van der Waals surface area contributed by atoms with E-state index < -0.39 is 0 Å². The average Bonchev–Trinajstić information content (AvgIpc) is 3.23. The Morgan fingerprint density at radius 2 is 1.41 bits per heavy atom. The minimum atomic E-state index is 0.261. The molecule has 2 N–H and O–H groups in total. The lowest BCUT2D eigenvalue weighted by Gasteiger charge is -2.28. The molecule has 0 spiro atoms. The predicted molar refractivity (Wildman–Crippen MR) is 114 cm³/mol. The van der Waals surface area contributed by atoms with E-state index in [-0.39, 0.29) is 6.79 Å². The van der Waals surface area contributed by atoms with Crippen LogP contribution in [0.15, 0.2) is 54.9 Å². The van der Waals surface area contributed by atoms with E-state index >= 15 is 0 Å². The second-order valence-corrected chi connectivity index (χ2v) is 7.20. The van der Waals surface area contributed by atoms with Gasteiger partial charge in [0.2, 0.25) is 6.79 Å². The number of nitrogens with zero attached hydrogens (tertiary/aromatic N) is 3. The van der Waals surface area contributed by atoms with Crippen molar-refractivity contribution in [1.82, 2.24) is 9.97 Å². The molecule has 148 valence electrons. The molecule has 5 rings (SSSR count). The van der Waals surface area contributed by atoms with E-state index in [0.29, 0.717) is 5.82 Å². The van der Waals surface area contributed by atoms with Crippen LogP contribution in [0, 0.1) is 0 Å². The highest BCUT2D eigenvalue weighted by Crippen LogP contribution is 2.35. The average molecular weight is 389 g/mol. The van der Waals surface area contributed by atoms with Crippen LogP contribution in [-0.4, -0.2) is 29.9 Å². The van der Waals surface area contributed by atoms with Crippen molar-refractivity contribution in [3.05, 3.63) is 54.9 Å². The summed E-state index contributed by atoms with van der Waals surface area (Å²) in [5.41, 5.74) is 3.16. The number of hydrogen-bond donors (Lipinski definition) is 2. The topological polar surface area (TPSA) is 71.5 Å². The molecule has 0 aliphatic carbocycles. The van der Waals surface area contributed by atoms with Gasteiger partial charge in [0.05, 0.1) is 0 Å². The van der Waals surface area contributed by atoms with Gasteiger partial charge in [-0.25, -0.2) is 9.97 Å². The number of nitrogens with one attached hydrogen (secondary N) is 2. The number of benzene rings is 2. The van der Waals surface area contributed by atoms with Crippen LogP contribution < -0.4 is 25.0 Å². The van der Waals surface area contributed by atoms with Gasteiger partial charge in [-0.1, -0.05) is 0 Å². The molecule has 0 amide bonds. The van der Waals surface area contributed by atoms with Crippen molar-refractivity contribution >= 4 is 28.7 Å². The van der Waals surface area contributed by atoms with Crippen LogP contribution in [-0.2, 0) is 0 Å². The van der Waals surface area contributed by atoms with Gasteiger partial charge in [-0.05, 0) is 55.7 Å². The fraction of sp³-hybridized carbons (Fsp3) is 0.273. The van der Waals surface area contributed by atoms with Gasteiger partial charge < -0.3 is 25.0 Å². The summed E-state index contributed by atoms with van der Waals surface area (Å²) in [6.45, 7) is 2.55. The minimum absolute atomic E-state index is 0.261. The predicted octanol–water partition coefficient (Wildman–Crippen LogP) is 4.68. The number of rotatable bonds is 5. The molecule has 1 aromatic heterocycles. The van der Waals surface area contributed by atoms with Gasteiger partial charge in [0.25, 0.3) is 0 Å². The van der Waals surface area contributed by atoms with Gasteiger partial charge in [-0.2, -0.15) is 0 Å². The quantitative estimate of drug-likeness (QED) is 0.656. The number of fused-ring (bicyclic) bond motifs is 1. The molecule has 2 aliphatic heterocycles. The summed E-state index contributed by atoms with van der Waals surface area (Å²) in [4.78, 5) is 11.1. The van der Waals surface area contributed by atoms with Crippen LogP contribution in [0.2, 0.25) is 0 Å². The summed E-state index contributed by atoms with van der Waals surface area (Å²) in [6, 6.07) is 16.1. The zero-order valence-electron chi connectivity index (χ0n) is 16.1. The molecule has 1 fully saturated rings. The van der Waals surface area contributed by atoms with Crippen molar-refractivity contribution in [2.45, 2.75) is 19.3 Å². The minimum Gasteiger partial charge on any atom is -0.454 e. The fourth-order valence-corrected chi connectivity index (χ4v) is 3.67. The monoisotopic (exact) mass is 389 g/mol. The third-order valence-electron chi connectivity index (χ3n) is 5.17. The first kappa shape index (κ1) is 17.6. The third kappa shape index (κ3) is 4.03. The summed E-state index contributed by atoms with van der Waals surface area (Å²) in [7, 11) is 0. The molecule has 0 atom stereocenters. The Bertz CT molecular complexity index is 987. The lowest BCUT2D eigenvalue weighted by atomic mass is 10.1. The zero-order valence-corrected chi connectivity index (χ0v) is 16.1. The summed E-state index contributed by atoms with van der Waals surface area (Å²) < 4.78 is 10.8. The van der Waals surface area contributed by atoms with Crippen LogP contribution >= 0.6 is 0 Å². The molecular formula is C22H23N5O2. The highest BCUT2D eigenvalue weighted by molar-refractivity contribution is 5.66. The first-order chi connectivity index (χ1) is 14.3. The standard InChI is InChI=1S/C22H23N5O2/c1-2-10-27(11-3-1)18-7-4-16(5-8-18)25-21-13-22(24-14-23-21)26-17-6-9-19-20(12-17)29-15-28-19/h4-9,12-14H,1-3,10-11,15H2,(H2,23,24,25,26). The van der Waals surface area contributed by atoms with Crippen molar-refractivity contribution < 1.29 is 9.47 Å². The Balaban J connectivity index is 1.26. The Morgan fingerprint density at radius 3 is 2.21 bits per heavy atom. The van der Waals surface area contributed by atoms with Crippen molar-refractivity contribution in [2.24, 2.45) is 0 Å². The Kier molecular flexibility index (Phi) is 4.78. The van der Waals surface area contributed by atoms with E-state index in [9.17, 15) is 0 Å². The lowest BCUT2D eigenvalue weighted by Crippen LogP contribution is -2.29. The Hall–Kier alpha value is -3.48. The second kappa shape index (κ2) is 7.87. The number of hydrogen-bond acceptors (Lipinski definition) is 7. The number of ether oxygens (including phenoxy) is 2. The van der Waals surface area contributed by atoms with Gasteiger partial charge in [0.15, 0.2) is 11.5 Å². The van der Waals surface area contributed by atoms with Crippen LogP contribution in [0.25, 0.3) is 0 Å². The van der Waals surface area contributed by atoms with Crippen LogP contribution in [0.5, 0.6) is 11.5 Å². The van der Waals surface area contributed by atoms with Crippen molar-refractivity contribution in [1.29, 1.82) is 0 Å². The number of anilines is 5. The van der Waals surface area contributed by atoms with E-state index in [4.69, 9.17) is 9.47 Å². The Morgan fingerprint density at radius 1 is 0.724 bits per heavy atom. The highest BCUT2D eigenvalue weighted by Gasteiger charge is 2.14. The number of aromatic nitrogens is 2. The van der Waals surface area contributed by atoms with E-state index in [1.807, 2.05) is 24.3 Å². The van der Waals surface area contributed by atoms with Crippen molar-refractivity contribution in [3.63, 3.8) is 0 Å². The molecule has 2 aromatic carbocycles. The van der Waals surface area contributed by atoms with Crippen molar-refractivity contribution in [3.8, 4) is 11.5 Å². The highest BCUT2D eigenvalue weighted by atomic mass is 16.7. The maximum absolute atomic E-state index is 5.42. The maximum Gasteiger partial charge on any atom is 0.231 e. The summed E-state index contributed by atoms with van der Waals surface area (Å²) in [6.07, 6.45) is 5.44. The molecule has 2 aliphatic rings. The van der Waals surface area contributed by atoms with Gasteiger partial charge in [0, 0.05) is 42.3 Å². The maximum atomic E-state index is 5.42. The molecule has 3 aromatic rings. The van der Waals surface area contributed by atoms with E-state index in [1.165, 1.54) is 24.9 Å². The van der Waals surface area contributed by atoms with E-state index in [2.05, 4.69) is 49.8 Å². The molecule has 0 saturated carbocycles. The van der Waals surface area contributed by atoms with Crippen LogP contribution in [0.3, 0.4) is 0 Å². The molecule has 0 unspecified atom stereocenters. The van der Waals surface area contributed by atoms with Gasteiger partial charge in [0.1, 0.15) is 18.0 Å². The summed E-state index contributed by atoms with van der Waals surface area (Å²) in [5, 5.41) is 6.63. The van der Waals surface area contributed by atoms with Crippen LogP contribution in [0.1, 0.15) is 19.3 Å². The van der Waals surface area contributed by atoms with E-state index in [0.717, 1.165) is 41.8 Å². The lowest BCUT2D eigenvalue weighted by molar-refractivity contribution is 0.174. The largest absolute Gasteiger partial charge is 0.454 e. The van der Waals surface area contributed by atoms with Crippen LogP contribution in [0.4, 0.5) is 28.7 Å². The molecule has 3 heterocycles. The van der Waals surface area contributed by atoms with Crippen molar-refractivity contribution in [2.75, 3.05) is 35.4 Å². The molecule has 29 heavy (non-hydrogen) atoms. The molecule has 0 bridgehead atoms. The van der Waals surface area contributed by atoms with Gasteiger partial charge in [-0.15, -0.1) is 0 Å². The van der Waals surface area contributed by atoms with Gasteiger partial charge in [-0.3, -0.25) is 0 Å². The van der Waals surface area contributed by atoms with Gasteiger partial charge >= 0.3 is 0 Å². The van der Waals surface area contributed by atoms with E-state index in [1.54, 1.807) is 6.33 Å². The second-order valence-electron chi connectivity index (χ2n) is 7.20. The zero-order chi connectivity index (χ0) is 19.5.